The summed E-state index contributed by atoms with van der Waals surface area (Å²) < 4.78 is 38.7. The molecule has 1 heterocycles. The lowest BCUT2D eigenvalue weighted by Crippen LogP contribution is -2.22. The van der Waals surface area contributed by atoms with Crippen molar-refractivity contribution in [2.24, 2.45) is 0 Å². The molecule has 0 aliphatic heterocycles. The predicted octanol–water partition coefficient (Wildman–Crippen LogP) is 1.79. The highest BCUT2D eigenvalue weighted by Crippen LogP contribution is 2.33. The van der Waals surface area contributed by atoms with Gasteiger partial charge in [0, 0.05) is 0 Å². The molecule has 0 spiro atoms. The van der Waals surface area contributed by atoms with Crippen LogP contribution in [0.4, 0.5) is 18.9 Å². The molecule has 16 heavy (non-hydrogen) atoms. The number of rotatable bonds is 2. The van der Waals surface area contributed by atoms with Crippen LogP contribution in [0.5, 0.6) is 5.75 Å². The molecular weight excluding hydrogens is 348 g/mol. The fourth-order valence-electron chi connectivity index (χ4n) is 0.827. The van der Waals surface area contributed by atoms with Crippen LogP contribution in [-0.2, 0) is 0 Å². The highest BCUT2D eigenvalue weighted by molar-refractivity contribution is 14.1. The molecule has 1 aromatic rings. The average Bonchev–Trinajstić information content (AvgIpc) is 2.10. The van der Waals surface area contributed by atoms with Crippen molar-refractivity contribution in [3.05, 3.63) is 30.2 Å². The molecule has 0 aromatic carbocycles. The molecule has 88 valence electrons. The van der Waals surface area contributed by atoms with Crippen molar-refractivity contribution in [1.82, 2.24) is 4.98 Å². The zero-order chi connectivity index (χ0) is 12.5. The largest absolute Gasteiger partial charge is 0.573 e. The fourth-order valence-corrected chi connectivity index (χ4v) is 1.37. The topological polar surface area (TPSA) is 85.2 Å². The van der Waals surface area contributed by atoms with Gasteiger partial charge in [-0.25, -0.2) is 0 Å². The maximum absolute atomic E-state index is 11.9. The minimum atomic E-state index is -5.10. The smallest absolute Gasteiger partial charge is 0.397 e. The van der Waals surface area contributed by atoms with Crippen LogP contribution in [-0.4, -0.2) is 16.3 Å². The van der Waals surface area contributed by atoms with E-state index in [1.165, 1.54) is 22.6 Å². The summed E-state index contributed by atoms with van der Waals surface area (Å²) in [4.78, 5) is 22.2. The molecule has 0 unspecified atom stereocenters. The number of nitro groups is 1. The van der Waals surface area contributed by atoms with Gasteiger partial charge >= 0.3 is 12.0 Å². The van der Waals surface area contributed by atoms with Gasteiger partial charge < -0.3 is 9.72 Å². The maximum atomic E-state index is 11.9. The van der Waals surface area contributed by atoms with Crippen LogP contribution in [0.2, 0.25) is 0 Å². The Hall–Kier alpha value is -1.33. The summed E-state index contributed by atoms with van der Waals surface area (Å²) in [6, 6.07) is 0. The zero-order valence-electron chi connectivity index (χ0n) is 7.17. The maximum Gasteiger partial charge on any atom is 0.573 e. The minimum Gasteiger partial charge on any atom is -0.397 e. The number of alkyl halides is 3. The third kappa shape index (κ3) is 2.84. The lowest BCUT2D eigenvalue weighted by Gasteiger charge is -2.09. The number of halogens is 4. The number of aromatic amines is 1. The summed E-state index contributed by atoms with van der Waals surface area (Å²) in [5, 5.41) is 10.4. The Morgan fingerprint density at radius 1 is 1.50 bits per heavy atom. The van der Waals surface area contributed by atoms with Crippen LogP contribution in [0, 0.1) is 13.7 Å². The number of nitrogens with zero attached hydrogens (tertiary/aromatic N) is 1. The van der Waals surface area contributed by atoms with Gasteiger partial charge in [0.2, 0.25) is 5.75 Å². The molecule has 6 nitrogen and oxygen atoms in total. The quantitative estimate of drug-likeness (QED) is 0.501. The number of pyridine rings is 1. The molecule has 0 saturated heterocycles. The first-order chi connectivity index (χ1) is 7.22. The van der Waals surface area contributed by atoms with E-state index in [-0.39, 0.29) is 0 Å². The second kappa shape index (κ2) is 4.27. The van der Waals surface area contributed by atoms with E-state index in [0.717, 1.165) is 0 Å². The van der Waals surface area contributed by atoms with Gasteiger partial charge in [-0.1, -0.05) is 0 Å². The van der Waals surface area contributed by atoms with Gasteiger partial charge in [0.1, 0.15) is 3.57 Å². The Morgan fingerprint density at radius 2 is 2.06 bits per heavy atom. The van der Waals surface area contributed by atoms with Crippen molar-refractivity contribution >= 4 is 28.3 Å². The fraction of sp³-hybridized carbons (Fsp3) is 0.167. The molecule has 0 saturated carbocycles. The van der Waals surface area contributed by atoms with Crippen LogP contribution < -0.4 is 10.3 Å². The van der Waals surface area contributed by atoms with E-state index in [0.29, 0.717) is 6.20 Å². The Bertz CT molecular complexity index is 484. The summed E-state index contributed by atoms with van der Waals surface area (Å²) in [7, 11) is 0. The average molecular weight is 350 g/mol. The molecular formula is C6H2F3IN2O4. The van der Waals surface area contributed by atoms with Gasteiger partial charge in [0.25, 0.3) is 5.56 Å². The first-order valence-electron chi connectivity index (χ1n) is 3.53. The van der Waals surface area contributed by atoms with E-state index in [1.54, 1.807) is 0 Å². The van der Waals surface area contributed by atoms with Gasteiger partial charge in [-0.05, 0) is 22.6 Å². The van der Waals surface area contributed by atoms with Crippen molar-refractivity contribution < 1.29 is 22.8 Å². The number of hydrogen-bond acceptors (Lipinski definition) is 4. The predicted molar refractivity (Wildman–Crippen MR) is 53.1 cm³/mol. The molecule has 0 aliphatic rings. The van der Waals surface area contributed by atoms with Crippen molar-refractivity contribution in [3.63, 3.8) is 0 Å². The highest BCUT2D eigenvalue weighted by Gasteiger charge is 2.36. The van der Waals surface area contributed by atoms with Gasteiger partial charge in [-0.3, -0.25) is 14.9 Å². The Labute approximate surface area is 98.7 Å². The standard InChI is InChI=1S/C6H2F3IN2O4/c7-6(8,9)16-4-2(12(14)15)1-11-5(13)3(4)10/h1H,(H,11,13). The summed E-state index contributed by atoms with van der Waals surface area (Å²) >= 11 is 1.23. The van der Waals surface area contributed by atoms with Crippen LogP contribution >= 0.6 is 22.6 Å². The van der Waals surface area contributed by atoms with E-state index in [4.69, 9.17) is 0 Å². The number of ether oxygens (including phenoxy) is 1. The van der Waals surface area contributed by atoms with E-state index in [2.05, 4.69) is 4.74 Å². The lowest BCUT2D eigenvalue weighted by atomic mass is 10.4. The highest BCUT2D eigenvalue weighted by atomic mass is 127. The second-order valence-corrected chi connectivity index (χ2v) is 3.53. The molecule has 0 fully saturated rings. The second-order valence-electron chi connectivity index (χ2n) is 2.45. The van der Waals surface area contributed by atoms with Gasteiger partial charge in [0.05, 0.1) is 11.1 Å². The molecule has 0 bridgehead atoms. The number of nitrogens with one attached hydrogen (secondary N) is 1. The SMILES string of the molecule is O=c1[nH]cc([N+](=O)[O-])c(OC(F)(F)F)c1I. The molecule has 0 amide bonds. The Balaban J connectivity index is 3.38. The summed E-state index contributed by atoms with van der Waals surface area (Å²) in [5.41, 5.74) is -1.85. The van der Waals surface area contributed by atoms with Crippen LogP contribution in [0.3, 0.4) is 0 Å². The van der Waals surface area contributed by atoms with Gasteiger partial charge in [-0.15, -0.1) is 13.2 Å². The molecule has 0 atom stereocenters. The summed E-state index contributed by atoms with van der Waals surface area (Å²) in [6.07, 6.45) is -4.55. The Kier molecular flexibility index (Phi) is 3.40. The van der Waals surface area contributed by atoms with Crippen molar-refractivity contribution in [1.29, 1.82) is 0 Å². The Morgan fingerprint density at radius 3 is 2.50 bits per heavy atom. The molecule has 1 N–H and O–H groups in total. The van der Waals surface area contributed by atoms with Crippen LogP contribution in [0.15, 0.2) is 11.0 Å². The molecule has 1 rings (SSSR count). The van der Waals surface area contributed by atoms with E-state index in [9.17, 15) is 28.1 Å². The minimum absolute atomic E-state index is 0.538. The van der Waals surface area contributed by atoms with Crippen molar-refractivity contribution in [2.75, 3.05) is 0 Å². The van der Waals surface area contributed by atoms with Gasteiger partial charge in [-0.2, -0.15) is 0 Å². The van der Waals surface area contributed by atoms with Crippen molar-refractivity contribution in [3.8, 4) is 5.75 Å². The third-order valence-corrected chi connectivity index (χ3v) is 2.37. The third-order valence-electron chi connectivity index (χ3n) is 1.39. The number of hydrogen-bond donors (Lipinski definition) is 1. The van der Waals surface area contributed by atoms with Crippen molar-refractivity contribution in [2.45, 2.75) is 6.36 Å². The number of H-pyrrole nitrogens is 1. The molecule has 0 aliphatic carbocycles. The van der Waals surface area contributed by atoms with E-state index >= 15 is 0 Å². The zero-order valence-corrected chi connectivity index (χ0v) is 9.33. The van der Waals surface area contributed by atoms with Gasteiger partial charge in [0.15, 0.2) is 0 Å². The summed E-state index contributed by atoms with van der Waals surface area (Å²) in [6.45, 7) is 0. The first-order valence-corrected chi connectivity index (χ1v) is 4.61. The normalized spacial score (nSPS) is 11.2. The lowest BCUT2D eigenvalue weighted by molar-refractivity contribution is -0.389. The monoisotopic (exact) mass is 350 g/mol. The first kappa shape index (κ1) is 12.7. The molecule has 1 aromatic heterocycles. The number of aromatic nitrogens is 1. The van der Waals surface area contributed by atoms with Crippen LogP contribution in [0.1, 0.15) is 0 Å². The van der Waals surface area contributed by atoms with E-state index < -0.39 is 31.9 Å². The summed E-state index contributed by atoms with van der Waals surface area (Å²) in [5.74, 6) is -1.11. The molecule has 0 radical (unpaired) electrons. The van der Waals surface area contributed by atoms with E-state index in [1.807, 2.05) is 4.98 Å². The molecule has 10 heteroatoms. The van der Waals surface area contributed by atoms with Crippen LogP contribution in [0.25, 0.3) is 0 Å².